The van der Waals surface area contributed by atoms with E-state index in [1.165, 1.54) is 23.8 Å². The van der Waals surface area contributed by atoms with Gasteiger partial charge in [-0.3, -0.25) is 9.59 Å². The van der Waals surface area contributed by atoms with E-state index in [4.69, 9.17) is 14.6 Å². The average Bonchev–Trinajstić information content (AvgIpc) is 3.01. The van der Waals surface area contributed by atoms with Crippen LogP contribution in [0, 0.1) is 5.92 Å². The van der Waals surface area contributed by atoms with Gasteiger partial charge in [-0.1, -0.05) is 0 Å². The summed E-state index contributed by atoms with van der Waals surface area (Å²) in [6.07, 6.45) is 0.0595. The molecule has 1 saturated heterocycles. The van der Waals surface area contributed by atoms with Gasteiger partial charge in [0.2, 0.25) is 11.8 Å². The van der Waals surface area contributed by atoms with Gasteiger partial charge in [0.25, 0.3) is 0 Å². The Morgan fingerprint density at radius 2 is 1.96 bits per heavy atom. The van der Waals surface area contributed by atoms with Crippen LogP contribution in [0.25, 0.3) is 0 Å². The lowest BCUT2D eigenvalue weighted by atomic mass is 10.1. The molecule has 2 heterocycles. The Balaban J connectivity index is 1.74. The van der Waals surface area contributed by atoms with Crippen molar-refractivity contribution in [2.45, 2.75) is 19.4 Å². The van der Waals surface area contributed by atoms with Crippen LogP contribution in [-0.2, 0) is 14.4 Å². The van der Waals surface area contributed by atoms with E-state index in [9.17, 15) is 14.4 Å². The average molecular weight is 348 g/mol. The van der Waals surface area contributed by atoms with Crippen molar-refractivity contribution in [3.63, 3.8) is 0 Å². The maximum atomic E-state index is 12.5. The SMILES string of the molecule is C[C@@H](C(=O)O)N(C)C(=O)[C@H]1CC(=O)N(c2ccc3c(c2)OCCO3)C1. The number of anilines is 1. The minimum atomic E-state index is -1.08. The summed E-state index contributed by atoms with van der Waals surface area (Å²) in [4.78, 5) is 38.6. The molecule has 0 spiro atoms. The highest BCUT2D eigenvalue weighted by molar-refractivity contribution is 6.01. The van der Waals surface area contributed by atoms with Gasteiger partial charge in [-0.05, 0) is 19.1 Å². The second-order valence-corrected chi connectivity index (χ2v) is 6.20. The Labute approximate surface area is 144 Å². The number of benzene rings is 1. The predicted molar refractivity (Wildman–Crippen MR) is 87.8 cm³/mol. The minimum Gasteiger partial charge on any atom is -0.486 e. The number of ether oxygens (including phenoxy) is 2. The van der Waals surface area contributed by atoms with Gasteiger partial charge in [-0.15, -0.1) is 0 Å². The topological polar surface area (TPSA) is 96.4 Å². The lowest BCUT2D eigenvalue weighted by Crippen LogP contribution is -2.43. The first-order valence-electron chi connectivity index (χ1n) is 8.08. The third kappa shape index (κ3) is 3.24. The number of aliphatic carboxylic acids is 1. The lowest BCUT2D eigenvalue weighted by Gasteiger charge is -2.25. The van der Waals surface area contributed by atoms with Crippen LogP contribution >= 0.6 is 0 Å². The first kappa shape index (κ1) is 17.1. The zero-order valence-corrected chi connectivity index (χ0v) is 14.1. The van der Waals surface area contributed by atoms with Crippen molar-refractivity contribution in [3.8, 4) is 11.5 Å². The highest BCUT2D eigenvalue weighted by atomic mass is 16.6. The van der Waals surface area contributed by atoms with Gasteiger partial charge < -0.3 is 24.4 Å². The molecule has 2 aliphatic rings. The van der Waals surface area contributed by atoms with Crippen LogP contribution in [0.4, 0.5) is 5.69 Å². The van der Waals surface area contributed by atoms with Gasteiger partial charge >= 0.3 is 5.97 Å². The van der Waals surface area contributed by atoms with Crippen LogP contribution in [0.3, 0.4) is 0 Å². The van der Waals surface area contributed by atoms with Crippen LogP contribution in [0.2, 0.25) is 0 Å². The maximum Gasteiger partial charge on any atom is 0.326 e. The Hall–Kier alpha value is -2.77. The number of carboxylic acid groups (broad SMARTS) is 1. The molecule has 0 aromatic heterocycles. The van der Waals surface area contributed by atoms with Gasteiger partial charge in [-0.25, -0.2) is 4.79 Å². The van der Waals surface area contributed by atoms with E-state index in [-0.39, 0.29) is 24.8 Å². The van der Waals surface area contributed by atoms with E-state index in [2.05, 4.69) is 0 Å². The van der Waals surface area contributed by atoms with Crippen molar-refractivity contribution in [3.05, 3.63) is 18.2 Å². The van der Waals surface area contributed by atoms with E-state index in [0.29, 0.717) is 30.4 Å². The van der Waals surface area contributed by atoms with Gasteiger partial charge in [0.1, 0.15) is 19.3 Å². The Morgan fingerprint density at radius 3 is 2.64 bits per heavy atom. The predicted octanol–water partition coefficient (Wildman–Crippen LogP) is 0.742. The molecule has 134 valence electrons. The highest BCUT2D eigenvalue weighted by Gasteiger charge is 2.38. The summed E-state index contributed by atoms with van der Waals surface area (Å²) < 4.78 is 11.0. The number of likely N-dealkylation sites (N-methyl/N-ethyl adjacent to an activating group) is 1. The second-order valence-electron chi connectivity index (χ2n) is 6.20. The number of carbonyl (C=O) groups is 3. The second kappa shape index (κ2) is 6.62. The standard InChI is InChI=1S/C17H20N2O6/c1-10(17(22)23)18(2)16(21)11-7-15(20)19(9-11)12-3-4-13-14(8-12)25-6-5-24-13/h3-4,8,10-11H,5-7,9H2,1-2H3,(H,22,23)/t10-,11-/m0/s1. The smallest absolute Gasteiger partial charge is 0.326 e. The normalized spacial score (nSPS) is 20.3. The van der Waals surface area contributed by atoms with Crippen molar-refractivity contribution in [2.24, 2.45) is 5.92 Å². The number of amides is 2. The van der Waals surface area contributed by atoms with Crippen molar-refractivity contribution in [1.82, 2.24) is 4.90 Å². The molecule has 8 heteroatoms. The molecule has 8 nitrogen and oxygen atoms in total. The van der Waals surface area contributed by atoms with Crippen LogP contribution in [0.1, 0.15) is 13.3 Å². The molecule has 1 N–H and O–H groups in total. The first-order valence-corrected chi connectivity index (χ1v) is 8.08. The van der Waals surface area contributed by atoms with Gasteiger partial charge in [0, 0.05) is 31.8 Å². The Kier molecular flexibility index (Phi) is 4.52. The molecule has 3 rings (SSSR count). The number of hydrogen-bond acceptors (Lipinski definition) is 5. The lowest BCUT2D eigenvalue weighted by molar-refractivity contribution is -0.149. The third-order valence-corrected chi connectivity index (χ3v) is 4.60. The van der Waals surface area contributed by atoms with E-state index in [1.807, 2.05) is 0 Å². The molecular formula is C17H20N2O6. The largest absolute Gasteiger partial charge is 0.486 e. The fourth-order valence-electron chi connectivity index (χ4n) is 2.97. The fourth-order valence-corrected chi connectivity index (χ4v) is 2.97. The molecule has 1 aromatic carbocycles. The highest BCUT2D eigenvalue weighted by Crippen LogP contribution is 2.36. The summed E-state index contributed by atoms with van der Waals surface area (Å²) in [6, 6.07) is 4.28. The third-order valence-electron chi connectivity index (χ3n) is 4.60. The van der Waals surface area contributed by atoms with Crippen LogP contribution in [-0.4, -0.2) is 60.6 Å². The molecule has 1 fully saturated rings. The zero-order valence-electron chi connectivity index (χ0n) is 14.1. The molecule has 0 unspecified atom stereocenters. The summed E-state index contributed by atoms with van der Waals surface area (Å²) in [7, 11) is 1.44. The number of nitrogens with zero attached hydrogens (tertiary/aromatic N) is 2. The Bertz CT molecular complexity index is 719. The quantitative estimate of drug-likeness (QED) is 0.862. The summed E-state index contributed by atoms with van der Waals surface area (Å²) in [5, 5.41) is 9.04. The number of fused-ring (bicyclic) bond motifs is 1. The molecule has 0 radical (unpaired) electrons. The zero-order chi connectivity index (χ0) is 18.1. The molecular weight excluding hydrogens is 328 g/mol. The van der Waals surface area contributed by atoms with Gasteiger partial charge in [0.15, 0.2) is 11.5 Å². The maximum absolute atomic E-state index is 12.5. The first-order chi connectivity index (χ1) is 11.9. The Morgan fingerprint density at radius 1 is 1.28 bits per heavy atom. The summed E-state index contributed by atoms with van der Waals surface area (Å²) in [6.45, 7) is 2.59. The van der Waals surface area contributed by atoms with E-state index in [0.717, 1.165) is 0 Å². The number of carbonyl (C=O) groups excluding carboxylic acids is 2. The number of carboxylic acids is 1. The monoisotopic (exact) mass is 348 g/mol. The summed E-state index contributed by atoms with van der Waals surface area (Å²) >= 11 is 0. The van der Waals surface area contributed by atoms with E-state index < -0.39 is 17.9 Å². The van der Waals surface area contributed by atoms with Gasteiger partial charge in [-0.2, -0.15) is 0 Å². The molecule has 2 amide bonds. The molecule has 0 bridgehead atoms. The fraction of sp³-hybridized carbons (Fsp3) is 0.471. The number of rotatable bonds is 4. The van der Waals surface area contributed by atoms with Crippen LogP contribution < -0.4 is 14.4 Å². The molecule has 2 atom stereocenters. The summed E-state index contributed by atoms with van der Waals surface area (Å²) in [5.41, 5.74) is 0.637. The molecule has 25 heavy (non-hydrogen) atoms. The van der Waals surface area contributed by atoms with Crippen LogP contribution in [0.5, 0.6) is 11.5 Å². The van der Waals surface area contributed by atoms with E-state index >= 15 is 0 Å². The van der Waals surface area contributed by atoms with Crippen molar-refractivity contribution < 1.29 is 29.0 Å². The van der Waals surface area contributed by atoms with Crippen molar-refractivity contribution in [1.29, 1.82) is 0 Å². The number of hydrogen-bond donors (Lipinski definition) is 1. The molecule has 2 aliphatic heterocycles. The molecule has 0 aliphatic carbocycles. The minimum absolute atomic E-state index is 0.0595. The molecule has 0 saturated carbocycles. The van der Waals surface area contributed by atoms with E-state index in [1.54, 1.807) is 18.2 Å². The van der Waals surface area contributed by atoms with Gasteiger partial charge in [0.05, 0.1) is 5.92 Å². The summed E-state index contributed by atoms with van der Waals surface area (Å²) in [5.74, 6) is -0.960. The van der Waals surface area contributed by atoms with Crippen LogP contribution in [0.15, 0.2) is 18.2 Å². The van der Waals surface area contributed by atoms with Crippen molar-refractivity contribution in [2.75, 3.05) is 31.7 Å². The van der Waals surface area contributed by atoms with Crippen molar-refractivity contribution >= 4 is 23.5 Å². The molecule has 1 aromatic rings.